The first kappa shape index (κ1) is 27.6. The lowest BCUT2D eigenvalue weighted by Gasteiger charge is -2.48. The molecule has 0 spiro atoms. The monoisotopic (exact) mass is 497 g/mol. The first-order chi connectivity index (χ1) is 15.1. The van der Waals surface area contributed by atoms with Crippen molar-refractivity contribution >= 4 is 37.9 Å². The van der Waals surface area contributed by atoms with Crippen LogP contribution in [0.5, 0.6) is 0 Å². The second-order valence-electron chi connectivity index (χ2n) is 10.4. The molecule has 2 aliphatic heterocycles. The van der Waals surface area contributed by atoms with Crippen LogP contribution in [0, 0.1) is 5.92 Å². The van der Waals surface area contributed by atoms with Crippen molar-refractivity contribution in [3.05, 3.63) is 23.3 Å². The van der Waals surface area contributed by atoms with Crippen molar-refractivity contribution in [2.75, 3.05) is 40.8 Å². The Kier molecular flexibility index (Phi) is 8.65. The summed E-state index contributed by atoms with van der Waals surface area (Å²) in [5.74, 6) is -1.04. The number of rotatable bonds is 10. The summed E-state index contributed by atoms with van der Waals surface area (Å²) in [6.07, 6.45) is 1.24. The normalized spacial score (nSPS) is 21.6. The van der Waals surface area contributed by atoms with Gasteiger partial charge in [0.1, 0.15) is 17.7 Å². The molecule has 2 amide bonds. The highest BCUT2D eigenvalue weighted by Gasteiger charge is 2.59. The Bertz CT molecular complexity index is 836. The van der Waals surface area contributed by atoms with E-state index in [-0.39, 0.29) is 53.1 Å². The lowest BCUT2D eigenvalue weighted by atomic mass is 9.92. The predicted octanol–water partition coefficient (Wildman–Crippen LogP) is 2.89. The third-order valence-electron chi connectivity index (χ3n) is 6.49. The van der Waals surface area contributed by atoms with Crippen molar-refractivity contribution in [3.63, 3.8) is 0 Å². The van der Waals surface area contributed by atoms with E-state index in [1.165, 1.54) is 22.7 Å². The molecule has 1 fully saturated rings. The number of carbonyl (C=O) groups excluding carboxylic acids is 3. The molecular weight excluding hydrogens is 458 g/mol. The third-order valence-corrected chi connectivity index (χ3v) is 12.4. The van der Waals surface area contributed by atoms with E-state index in [1.807, 2.05) is 18.9 Å². The summed E-state index contributed by atoms with van der Waals surface area (Å²) in [6, 6.07) is 0. The summed E-state index contributed by atoms with van der Waals surface area (Å²) >= 11 is 1.49. The number of β-lactam (4-membered cyclic amide) rings is 1. The van der Waals surface area contributed by atoms with Crippen molar-refractivity contribution in [1.82, 2.24) is 14.7 Å². The average molecular weight is 498 g/mol. The molecule has 186 valence electrons. The predicted molar refractivity (Wildman–Crippen MR) is 134 cm³/mol. The SMILES string of the molecule is C=CCOC(=O)C1=C(CN(C)CC(=O)N(C)C)S[C@@H]2[C@@H]([C@@H](C)O[Si](C)(C)C(C)(C)C)C(=O)N12. The highest BCUT2D eigenvalue weighted by molar-refractivity contribution is 8.04. The third kappa shape index (κ3) is 5.90. The van der Waals surface area contributed by atoms with Gasteiger partial charge in [0.05, 0.1) is 18.6 Å². The maximum Gasteiger partial charge on any atom is 0.356 e. The zero-order chi connectivity index (χ0) is 25.3. The maximum atomic E-state index is 13.2. The lowest BCUT2D eigenvalue weighted by Crippen LogP contribution is -2.62. The average Bonchev–Trinajstić information content (AvgIpc) is 2.98. The molecule has 0 aromatic heterocycles. The largest absolute Gasteiger partial charge is 0.457 e. The van der Waals surface area contributed by atoms with Gasteiger partial charge in [0.25, 0.3) is 0 Å². The summed E-state index contributed by atoms with van der Waals surface area (Å²) in [7, 11) is 3.17. The molecule has 0 N–H and O–H groups in total. The molecule has 2 aliphatic rings. The molecule has 0 aromatic carbocycles. The van der Waals surface area contributed by atoms with Crippen molar-refractivity contribution in [2.24, 2.45) is 5.92 Å². The van der Waals surface area contributed by atoms with Crippen molar-refractivity contribution in [1.29, 1.82) is 0 Å². The summed E-state index contributed by atoms with van der Waals surface area (Å²) in [5, 5.41) is -0.182. The molecular formula is C23H39N3O5SSi. The number of thioether (sulfide) groups is 1. The van der Waals surface area contributed by atoms with Crippen LogP contribution in [0.15, 0.2) is 23.3 Å². The molecule has 2 heterocycles. The molecule has 0 radical (unpaired) electrons. The second kappa shape index (κ2) is 10.3. The van der Waals surface area contributed by atoms with Crippen LogP contribution in [0.4, 0.5) is 0 Å². The number of hydrogen-bond acceptors (Lipinski definition) is 7. The fourth-order valence-corrected chi connectivity index (χ4v) is 6.64. The van der Waals surface area contributed by atoms with Crippen molar-refractivity contribution in [2.45, 2.75) is 57.3 Å². The van der Waals surface area contributed by atoms with E-state index in [0.717, 1.165) is 4.91 Å². The summed E-state index contributed by atoms with van der Waals surface area (Å²) in [6.45, 7) is 17.0. The van der Waals surface area contributed by atoms with E-state index in [2.05, 4.69) is 40.4 Å². The van der Waals surface area contributed by atoms with Gasteiger partial charge in [-0.05, 0) is 32.1 Å². The Balaban J connectivity index is 2.23. The highest BCUT2D eigenvalue weighted by atomic mass is 32.2. The van der Waals surface area contributed by atoms with Crippen LogP contribution in [-0.4, -0.2) is 93.1 Å². The van der Waals surface area contributed by atoms with E-state index in [1.54, 1.807) is 19.0 Å². The Morgan fingerprint density at radius 3 is 2.39 bits per heavy atom. The quantitative estimate of drug-likeness (QED) is 0.199. The molecule has 0 bridgehead atoms. The Labute approximate surface area is 203 Å². The van der Waals surface area contributed by atoms with Crippen molar-refractivity contribution < 1.29 is 23.5 Å². The maximum absolute atomic E-state index is 13.2. The van der Waals surface area contributed by atoms with E-state index in [9.17, 15) is 14.4 Å². The Morgan fingerprint density at radius 2 is 1.88 bits per heavy atom. The summed E-state index contributed by atoms with van der Waals surface area (Å²) in [4.78, 5) is 43.8. The molecule has 0 unspecified atom stereocenters. The van der Waals surface area contributed by atoms with Gasteiger partial charge in [0, 0.05) is 25.5 Å². The zero-order valence-electron chi connectivity index (χ0n) is 21.4. The van der Waals surface area contributed by atoms with Crippen LogP contribution < -0.4 is 0 Å². The van der Waals surface area contributed by atoms with Gasteiger partial charge in [0.2, 0.25) is 11.8 Å². The first-order valence-electron chi connectivity index (χ1n) is 11.2. The number of amides is 2. The van der Waals surface area contributed by atoms with Gasteiger partial charge in [-0.3, -0.25) is 19.4 Å². The topological polar surface area (TPSA) is 79.4 Å². The van der Waals surface area contributed by atoms with Crippen LogP contribution in [0.1, 0.15) is 27.7 Å². The molecule has 1 saturated heterocycles. The van der Waals surface area contributed by atoms with Gasteiger partial charge in [-0.2, -0.15) is 0 Å². The fourth-order valence-electron chi connectivity index (χ4n) is 3.53. The van der Waals surface area contributed by atoms with Crippen LogP contribution in [0.3, 0.4) is 0 Å². The number of nitrogens with zero attached hydrogens (tertiary/aromatic N) is 3. The Morgan fingerprint density at radius 1 is 1.27 bits per heavy atom. The number of likely N-dealkylation sites (N-methyl/N-ethyl adjacent to an activating group) is 2. The van der Waals surface area contributed by atoms with Crippen LogP contribution in [-0.2, 0) is 23.5 Å². The molecule has 0 saturated carbocycles. The highest BCUT2D eigenvalue weighted by Crippen LogP contribution is 2.52. The van der Waals surface area contributed by atoms with Gasteiger partial charge in [-0.25, -0.2) is 4.79 Å². The van der Waals surface area contributed by atoms with Gasteiger partial charge in [-0.15, -0.1) is 11.8 Å². The van der Waals surface area contributed by atoms with Gasteiger partial charge in [-0.1, -0.05) is 33.4 Å². The molecule has 2 rings (SSSR count). The first-order valence-corrected chi connectivity index (χ1v) is 15.0. The molecule has 33 heavy (non-hydrogen) atoms. The molecule has 3 atom stereocenters. The molecule has 8 nitrogen and oxygen atoms in total. The number of hydrogen-bond donors (Lipinski definition) is 0. The molecule has 0 aliphatic carbocycles. The Hall–Kier alpha value is -1.62. The van der Waals surface area contributed by atoms with E-state index in [0.29, 0.717) is 6.54 Å². The lowest BCUT2D eigenvalue weighted by molar-refractivity contribution is -0.157. The minimum atomic E-state index is -2.06. The fraction of sp³-hybridized carbons (Fsp3) is 0.696. The van der Waals surface area contributed by atoms with E-state index in [4.69, 9.17) is 9.16 Å². The molecule has 0 aromatic rings. The number of carbonyl (C=O) groups is 3. The zero-order valence-corrected chi connectivity index (χ0v) is 23.2. The standard InChI is InChI=1S/C23H39N3O5SSi/c1-11-12-30-22(29)19-16(13-25(8)14-17(27)24(6)7)32-21-18(20(28)26(19)21)15(2)31-33(9,10)23(3,4)5/h11,15,18,21H,1,12-14H2,2-10H3/t15-,18+,21-/m1/s1. The number of esters is 1. The van der Waals surface area contributed by atoms with Crippen LogP contribution in [0.2, 0.25) is 18.1 Å². The summed E-state index contributed by atoms with van der Waals surface area (Å²) in [5.41, 5.74) is 0.275. The smallest absolute Gasteiger partial charge is 0.356 e. The van der Waals surface area contributed by atoms with E-state index >= 15 is 0 Å². The van der Waals surface area contributed by atoms with Gasteiger partial charge >= 0.3 is 5.97 Å². The molecule has 10 heteroatoms. The van der Waals surface area contributed by atoms with Gasteiger partial charge < -0.3 is 14.1 Å². The van der Waals surface area contributed by atoms with Crippen molar-refractivity contribution in [3.8, 4) is 0 Å². The minimum absolute atomic E-state index is 0.0291. The van der Waals surface area contributed by atoms with Gasteiger partial charge in [0.15, 0.2) is 8.32 Å². The van der Waals surface area contributed by atoms with Crippen LogP contribution in [0.25, 0.3) is 0 Å². The second-order valence-corrected chi connectivity index (χ2v) is 16.4. The van der Waals surface area contributed by atoms with Crippen LogP contribution >= 0.6 is 11.8 Å². The summed E-state index contributed by atoms with van der Waals surface area (Å²) < 4.78 is 11.8. The van der Waals surface area contributed by atoms with E-state index < -0.39 is 14.3 Å². The minimum Gasteiger partial charge on any atom is -0.457 e. The number of ether oxygens (including phenoxy) is 1. The number of fused-ring (bicyclic) bond motifs is 1.